The molecule has 0 spiro atoms. The predicted octanol–water partition coefficient (Wildman–Crippen LogP) is 9.43. The van der Waals surface area contributed by atoms with Crippen LogP contribution in [0.25, 0.3) is 27.7 Å². The quantitative estimate of drug-likeness (QED) is 0.192. The van der Waals surface area contributed by atoms with Crippen LogP contribution >= 0.6 is 0 Å². The Morgan fingerprint density at radius 2 is 1.85 bits per heavy atom. The molecule has 2 atom stereocenters. The van der Waals surface area contributed by atoms with Crippen molar-refractivity contribution >= 4 is 16.6 Å². The van der Waals surface area contributed by atoms with Gasteiger partial charge in [-0.3, -0.25) is 0 Å². The van der Waals surface area contributed by atoms with Gasteiger partial charge >= 0.3 is 0 Å². The summed E-state index contributed by atoms with van der Waals surface area (Å²) in [4.78, 5) is 13.8. The molecule has 1 unspecified atom stereocenters. The third-order valence-corrected chi connectivity index (χ3v) is 8.14. The van der Waals surface area contributed by atoms with Crippen LogP contribution in [0.1, 0.15) is 107 Å². The third-order valence-electron chi connectivity index (χ3n) is 8.14. The highest BCUT2D eigenvalue weighted by molar-refractivity contribution is 5.84. The van der Waals surface area contributed by atoms with Crippen LogP contribution in [0.2, 0.25) is 0 Å². The molecule has 0 fully saturated rings. The Morgan fingerprint density at radius 1 is 1.12 bits per heavy atom. The highest BCUT2D eigenvalue weighted by Crippen LogP contribution is 2.46. The maximum absolute atomic E-state index is 15.4. The van der Waals surface area contributed by atoms with Crippen molar-refractivity contribution in [2.24, 2.45) is 0 Å². The van der Waals surface area contributed by atoms with Crippen LogP contribution in [0.15, 0.2) is 49.3 Å². The van der Waals surface area contributed by atoms with Gasteiger partial charge in [0, 0.05) is 47.3 Å². The van der Waals surface area contributed by atoms with E-state index in [-0.39, 0.29) is 23.8 Å². The molecule has 0 bridgehead atoms. The third kappa shape index (κ3) is 5.68. The van der Waals surface area contributed by atoms with Gasteiger partial charge in [0.2, 0.25) is 6.43 Å². The standard InChI is InChI=1S/C34H39F3N4/c1-7-8-9-11-20(2)24-13-10-12-22(15-30(36)37)31(24)29-14-21(3)32-40-27-17-26(35)25(16-28(27)41(29)32)23-18-38-33(39-19-23)34(4,5)6/h10,12-13,16-19,21,29-30H,2,7-9,11,14-15H2,1,3-6H3/t21?,29-/m1/s1. The lowest BCUT2D eigenvalue weighted by molar-refractivity contribution is 0.148. The smallest absolute Gasteiger partial charge is 0.242 e. The number of rotatable bonds is 9. The normalized spacial score (nSPS) is 17.0. The second-order valence-corrected chi connectivity index (χ2v) is 12.4. The fourth-order valence-corrected chi connectivity index (χ4v) is 6.06. The monoisotopic (exact) mass is 560 g/mol. The molecular weight excluding hydrogens is 521 g/mol. The molecule has 0 saturated carbocycles. The largest absolute Gasteiger partial charge is 0.320 e. The summed E-state index contributed by atoms with van der Waals surface area (Å²) in [5.74, 6) is 1.21. The fraction of sp³-hybridized carbons (Fsp3) is 0.441. The van der Waals surface area contributed by atoms with Gasteiger partial charge in [-0.25, -0.2) is 28.1 Å². The summed E-state index contributed by atoms with van der Waals surface area (Å²) in [6.07, 6.45) is 5.28. The number of imidazole rings is 1. The molecule has 216 valence electrons. The highest BCUT2D eigenvalue weighted by Gasteiger charge is 2.36. The van der Waals surface area contributed by atoms with Crippen LogP contribution in [-0.2, 0) is 11.8 Å². The van der Waals surface area contributed by atoms with Gasteiger partial charge in [-0.05, 0) is 47.6 Å². The molecule has 4 nitrogen and oxygen atoms in total. The number of benzene rings is 2. The van der Waals surface area contributed by atoms with Gasteiger partial charge in [-0.2, -0.15) is 0 Å². The molecule has 0 N–H and O–H groups in total. The van der Waals surface area contributed by atoms with E-state index in [2.05, 4.69) is 35.0 Å². The van der Waals surface area contributed by atoms with E-state index in [0.29, 0.717) is 28.0 Å². The molecule has 0 aliphatic carbocycles. The summed E-state index contributed by atoms with van der Waals surface area (Å²) >= 11 is 0. The van der Waals surface area contributed by atoms with Crippen molar-refractivity contribution in [2.45, 2.75) is 96.9 Å². The second kappa shape index (κ2) is 11.4. The van der Waals surface area contributed by atoms with E-state index in [0.717, 1.165) is 60.1 Å². The Bertz CT molecular complexity index is 1560. The van der Waals surface area contributed by atoms with Crippen LogP contribution in [0.3, 0.4) is 0 Å². The van der Waals surface area contributed by atoms with Gasteiger partial charge in [0.15, 0.2) is 0 Å². The SMILES string of the molecule is C=C(CCCCC)c1cccc(CC(F)F)c1[C@H]1CC(C)c2nc3cc(F)c(-c4cnc(C(C)(C)C)nc4)cc3n21. The lowest BCUT2D eigenvalue weighted by Crippen LogP contribution is -2.15. The van der Waals surface area contributed by atoms with Crippen molar-refractivity contribution < 1.29 is 13.2 Å². The summed E-state index contributed by atoms with van der Waals surface area (Å²) in [6, 6.07) is 8.75. The van der Waals surface area contributed by atoms with E-state index >= 15 is 4.39 Å². The number of hydrogen-bond acceptors (Lipinski definition) is 3. The van der Waals surface area contributed by atoms with Crippen molar-refractivity contribution in [3.63, 3.8) is 0 Å². The van der Waals surface area contributed by atoms with E-state index in [1.807, 2.05) is 45.0 Å². The lowest BCUT2D eigenvalue weighted by atomic mass is 9.86. The van der Waals surface area contributed by atoms with Gasteiger partial charge in [0.1, 0.15) is 17.5 Å². The Morgan fingerprint density at radius 3 is 2.51 bits per heavy atom. The van der Waals surface area contributed by atoms with E-state index in [1.165, 1.54) is 6.07 Å². The summed E-state index contributed by atoms with van der Waals surface area (Å²) in [5, 5.41) is 0. The Hall–Kier alpha value is -3.48. The first-order valence-corrected chi connectivity index (χ1v) is 14.6. The van der Waals surface area contributed by atoms with Crippen LogP contribution in [0, 0.1) is 5.82 Å². The molecule has 2 aromatic carbocycles. The summed E-state index contributed by atoms with van der Waals surface area (Å²) in [7, 11) is 0. The van der Waals surface area contributed by atoms with Gasteiger partial charge in [-0.1, -0.05) is 72.2 Å². The number of allylic oxidation sites excluding steroid dienone is 1. The van der Waals surface area contributed by atoms with E-state index < -0.39 is 12.2 Å². The molecule has 0 saturated heterocycles. The van der Waals surface area contributed by atoms with Crippen molar-refractivity contribution in [2.75, 3.05) is 0 Å². The zero-order valence-corrected chi connectivity index (χ0v) is 24.6. The average Bonchev–Trinajstić information content (AvgIpc) is 3.44. The molecular formula is C34H39F3N4. The first kappa shape index (κ1) is 29.0. The van der Waals surface area contributed by atoms with Crippen LogP contribution < -0.4 is 0 Å². The zero-order valence-electron chi connectivity index (χ0n) is 24.6. The van der Waals surface area contributed by atoms with Crippen molar-refractivity contribution in [1.82, 2.24) is 19.5 Å². The molecule has 1 aliphatic heterocycles. The lowest BCUT2D eigenvalue weighted by Gasteiger charge is -2.24. The van der Waals surface area contributed by atoms with Gasteiger partial charge in [-0.15, -0.1) is 0 Å². The minimum absolute atomic E-state index is 0.0779. The maximum atomic E-state index is 15.4. The molecule has 0 amide bonds. The van der Waals surface area contributed by atoms with Gasteiger partial charge in [0.05, 0.1) is 17.1 Å². The van der Waals surface area contributed by atoms with E-state index in [1.54, 1.807) is 12.4 Å². The van der Waals surface area contributed by atoms with Crippen LogP contribution in [0.4, 0.5) is 13.2 Å². The van der Waals surface area contributed by atoms with Crippen molar-refractivity contribution in [3.8, 4) is 11.1 Å². The van der Waals surface area contributed by atoms with Crippen LogP contribution in [0.5, 0.6) is 0 Å². The van der Waals surface area contributed by atoms with Crippen molar-refractivity contribution in [1.29, 1.82) is 0 Å². The highest BCUT2D eigenvalue weighted by atomic mass is 19.3. The number of nitrogens with zero attached hydrogens (tertiary/aromatic N) is 4. The first-order chi connectivity index (χ1) is 19.5. The molecule has 7 heteroatoms. The summed E-state index contributed by atoms with van der Waals surface area (Å²) in [5.41, 5.74) is 5.53. The Balaban J connectivity index is 1.65. The maximum Gasteiger partial charge on any atom is 0.242 e. The first-order valence-electron chi connectivity index (χ1n) is 14.6. The molecule has 41 heavy (non-hydrogen) atoms. The minimum Gasteiger partial charge on any atom is -0.320 e. The number of fused-ring (bicyclic) bond motifs is 3. The summed E-state index contributed by atoms with van der Waals surface area (Å²) in [6.45, 7) is 14.7. The molecule has 3 heterocycles. The van der Waals surface area contributed by atoms with Crippen LogP contribution in [-0.4, -0.2) is 25.9 Å². The molecule has 0 radical (unpaired) electrons. The number of alkyl halides is 2. The predicted molar refractivity (Wildman–Crippen MR) is 160 cm³/mol. The number of halogens is 3. The number of unbranched alkanes of at least 4 members (excludes halogenated alkanes) is 2. The Kier molecular flexibility index (Phi) is 8.09. The van der Waals surface area contributed by atoms with Gasteiger partial charge in [0.25, 0.3) is 0 Å². The number of aromatic nitrogens is 4. The molecule has 5 rings (SSSR count). The zero-order chi connectivity index (χ0) is 29.5. The summed E-state index contributed by atoms with van der Waals surface area (Å²) < 4.78 is 45.2. The molecule has 4 aromatic rings. The average molecular weight is 561 g/mol. The number of hydrogen-bond donors (Lipinski definition) is 0. The fourth-order valence-electron chi connectivity index (χ4n) is 6.06. The molecule has 2 aromatic heterocycles. The molecule has 1 aliphatic rings. The van der Waals surface area contributed by atoms with E-state index in [4.69, 9.17) is 4.98 Å². The second-order valence-electron chi connectivity index (χ2n) is 12.4. The van der Waals surface area contributed by atoms with E-state index in [9.17, 15) is 8.78 Å². The topological polar surface area (TPSA) is 43.6 Å². The minimum atomic E-state index is -2.47. The Labute approximate surface area is 240 Å². The van der Waals surface area contributed by atoms with Crippen molar-refractivity contribution in [3.05, 3.63) is 83.5 Å². The van der Waals surface area contributed by atoms with Gasteiger partial charge < -0.3 is 4.57 Å².